The Hall–Kier alpha value is -0.750. The zero-order chi connectivity index (χ0) is 14.5. The number of aliphatic hydroxyl groups is 1. The lowest BCUT2D eigenvalue weighted by atomic mass is 10.1. The molecule has 4 nitrogen and oxygen atoms in total. The number of rotatable bonds is 7. The molecule has 0 fully saturated rings. The lowest BCUT2D eigenvalue weighted by Crippen LogP contribution is -2.36. The van der Waals surface area contributed by atoms with Crippen LogP contribution in [0.4, 0.5) is 0 Å². The Balaban J connectivity index is 2.23. The third-order valence-corrected chi connectivity index (χ3v) is 4.61. The molecular weight excluding hydrogens is 294 g/mol. The van der Waals surface area contributed by atoms with Crippen molar-refractivity contribution in [1.82, 2.24) is 14.9 Å². The molecule has 6 heteroatoms. The van der Waals surface area contributed by atoms with Crippen LogP contribution in [-0.2, 0) is 6.54 Å². The number of nitrogens with zero attached hydrogens (tertiary/aromatic N) is 3. The first-order chi connectivity index (χ1) is 9.69. The molecule has 1 N–H and O–H groups in total. The summed E-state index contributed by atoms with van der Waals surface area (Å²) in [5.74, 6) is 0.727. The maximum atomic E-state index is 9.24. The van der Waals surface area contributed by atoms with Gasteiger partial charge in [-0.1, -0.05) is 25.4 Å². The number of hydrogen-bond donors (Lipinski definition) is 1. The largest absolute Gasteiger partial charge is 0.395 e. The molecule has 0 aromatic carbocycles. The molecule has 2 aromatic heterocycles. The van der Waals surface area contributed by atoms with Crippen LogP contribution >= 0.6 is 22.9 Å². The van der Waals surface area contributed by atoms with Crippen LogP contribution in [0, 0.1) is 0 Å². The zero-order valence-electron chi connectivity index (χ0n) is 11.8. The summed E-state index contributed by atoms with van der Waals surface area (Å²) in [7, 11) is 0. The Morgan fingerprint density at radius 1 is 1.35 bits per heavy atom. The Morgan fingerprint density at radius 3 is 2.75 bits per heavy atom. The minimum absolute atomic E-state index is 0.144. The second kappa shape index (κ2) is 7.31. The van der Waals surface area contributed by atoms with E-state index < -0.39 is 0 Å². The van der Waals surface area contributed by atoms with Gasteiger partial charge in [-0.3, -0.25) is 4.90 Å². The van der Waals surface area contributed by atoms with Crippen LogP contribution in [-0.4, -0.2) is 39.2 Å². The molecule has 0 bridgehead atoms. The van der Waals surface area contributed by atoms with E-state index in [1.165, 1.54) is 0 Å². The summed E-state index contributed by atoms with van der Waals surface area (Å²) < 4.78 is 0. The number of thiophene rings is 1. The fourth-order valence-electron chi connectivity index (χ4n) is 2.44. The van der Waals surface area contributed by atoms with Crippen molar-refractivity contribution in [3.63, 3.8) is 0 Å². The van der Waals surface area contributed by atoms with Gasteiger partial charge >= 0.3 is 0 Å². The molecule has 0 unspecified atom stereocenters. The second-order valence-electron chi connectivity index (χ2n) is 4.73. The van der Waals surface area contributed by atoms with Gasteiger partial charge in [-0.2, -0.15) is 0 Å². The summed E-state index contributed by atoms with van der Waals surface area (Å²) >= 11 is 7.77. The van der Waals surface area contributed by atoms with E-state index in [0.29, 0.717) is 24.3 Å². The topological polar surface area (TPSA) is 49.2 Å². The maximum absolute atomic E-state index is 9.24. The van der Waals surface area contributed by atoms with Crippen LogP contribution in [0.2, 0.25) is 5.15 Å². The molecule has 20 heavy (non-hydrogen) atoms. The summed E-state index contributed by atoms with van der Waals surface area (Å²) in [5, 5.41) is 12.6. The molecule has 0 radical (unpaired) electrons. The molecule has 110 valence electrons. The van der Waals surface area contributed by atoms with E-state index in [0.717, 1.165) is 28.9 Å². The van der Waals surface area contributed by atoms with Crippen LogP contribution in [0.25, 0.3) is 10.2 Å². The molecule has 0 atom stereocenters. The fourth-order valence-corrected chi connectivity index (χ4v) is 3.53. The summed E-state index contributed by atoms with van der Waals surface area (Å²) in [6, 6.07) is 2.38. The summed E-state index contributed by atoms with van der Waals surface area (Å²) in [6.07, 6.45) is 2.09. The van der Waals surface area contributed by atoms with Crippen molar-refractivity contribution in [2.24, 2.45) is 0 Å². The van der Waals surface area contributed by atoms with E-state index in [1.807, 2.05) is 11.4 Å². The van der Waals surface area contributed by atoms with Gasteiger partial charge in [0.05, 0.1) is 13.2 Å². The highest BCUT2D eigenvalue weighted by Gasteiger charge is 2.17. The van der Waals surface area contributed by atoms with Gasteiger partial charge in [0.25, 0.3) is 0 Å². The van der Waals surface area contributed by atoms with E-state index >= 15 is 0 Å². The van der Waals surface area contributed by atoms with Crippen molar-refractivity contribution in [3.8, 4) is 0 Å². The number of aromatic nitrogens is 2. The van der Waals surface area contributed by atoms with Crippen LogP contribution in [0.5, 0.6) is 0 Å². The predicted octanol–water partition coefficient (Wildman–Crippen LogP) is 3.33. The SMILES string of the molecule is CCC(CC)N(CCO)Cc1nc(Cl)c2ccsc2n1. The number of fused-ring (bicyclic) bond motifs is 1. The van der Waals surface area contributed by atoms with Crippen molar-refractivity contribution in [2.45, 2.75) is 39.3 Å². The van der Waals surface area contributed by atoms with Gasteiger partial charge in [0, 0.05) is 18.0 Å². The van der Waals surface area contributed by atoms with Crippen LogP contribution < -0.4 is 0 Å². The van der Waals surface area contributed by atoms with Gasteiger partial charge in [0.15, 0.2) is 0 Å². The van der Waals surface area contributed by atoms with Crippen molar-refractivity contribution in [2.75, 3.05) is 13.2 Å². The van der Waals surface area contributed by atoms with E-state index in [2.05, 4.69) is 28.7 Å². The van der Waals surface area contributed by atoms with Gasteiger partial charge in [0.2, 0.25) is 0 Å². The molecule has 0 aliphatic carbocycles. The van der Waals surface area contributed by atoms with Gasteiger partial charge < -0.3 is 5.11 Å². The lowest BCUT2D eigenvalue weighted by molar-refractivity contribution is 0.134. The molecule has 2 rings (SSSR count). The van der Waals surface area contributed by atoms with Crippen molar-refractivity contribution < 1.29 is 5.11 Å². The fraction of sp³-hybridized carbons (Fsp3) is 0.571. The quantitative estimate of drug-likeness (QED) is 0.797. The predicted molar refractivity (Wildman–Crippen MR) is 84.3 cm³/mol. The number of halogens is 1. The van der Waals surface area contributed by atoms with Gasteiger partial charge in [-0.05, 0) is 24.3 Å². The summed E-state index contributed by atoms with van der Waals surface area (Å²) in [6.45, 7) is 5.73. The van der Waals surface area contributed by atoms with Crippen molar-refractivity contribution in [3.05, 3.63) is 22.4 Å². The molecule has 0 saturated heterocycles. The lowest BCUT2D eigenvalue weighted by Gasteiger charge is -2.29. The summed E-state index contributed by atoms with van der Waals surface area (Å²) in [5.41, 5.74) is 0. The first-order valence-corrected chi connectivity index (χ1v) is 8.19. The molecule has 0 spiro atoms. The smallest absolute Gasteiger partial charge is 0.145 e. The average molecular weight is 314 g/mol. The Morgan fingerprint density at radius 2 is 2.10 bits per heavy atom. The second-order valence-corrected chi connectivity index (χ2v) is 5.99. The van der Waals surface area contributed by atoms with Gasteiger partial charge in [0.1, 0.15) is 15.8 Å². The number of aliphatic hydroxyl groups excluding tert-OH is 1. The Kier molecular flexibility index (Phi) is 5.72. The van der Waals surface area contributed by atoms with E-state index in [9.17, 15) is 5.11 Å². The maximum Gasteiger partial charge on any atom is 0.145 e. The van der Waals surface area contributed by atoms with Crippen LogP contribution in [0.3, 0.4) is 0 Å². The third kappa shape index (κ3) is 3.47. The average Bonchev–Trinajstić information content (AvgIpc) is 2.89. The minimum atomic E-state index is 0.144. The highest BCUT2D eigenvalue weighted by molar-refractivity contribution is 7.16. The standard InChI is InChI=1S/C14H20ClN3OS/c1-3-10(4-2)18(6-7-19)9-12-16-13(15)11-5-8-20-14(11)17-12/h5,8,10,19H,3-4,6-7,9H2,1-2H3. The van der Waals surface area contributed by atoms with Crippen molar-refractivity contribution in [1.29, 1.82) is 0 Å². The van der Waals surface area contributed by atoms with E-state index in [4.69, 9.17) is 11.6 Å². The molecular formula is C14H20ClN3OS. The molecule has 2 aromatic rings. The third-order valence-electron chi connectivity index (χ3n) is 3.52. The van der Waals surface area contributed by atoms with Crippen molar-refractivity contribution >= 4 is 33.2 Å². The van der Waals surface area contributed by atoms with Crippen LogP contribution in [0.1, 0.15) is 32.5 Å². The zero-order valence-corrected chi connectivity index (χ0v) is 13.4. The van der Waals surface area contributed by atoms with Gasteiger partial charge in [-0.15, -0.1) is 11.3 Å². The van der Waals surface area contributed by atoms with E-state index in [-0.39, 0.29) is 6.61 Å². The minimum Gasteiger partial charge on any atom is -0.395 e. The first kappa shape index (κ1) is 15.6. The number of hydrogen-bond acceptors (Lipinski definition) is 5. The molecule has 2 heterocycles. The highest BCUT2D eigenvalue weighted by Crippen LogP contribution is 2.25. The molecule has 0 amide bonds. The monoisotopic (exact) mass is 313 g/mol. The molecule has 0 aliphatic heterocycles. The Labute approximate surface area is 128 Å². The van der Waals surface area contributed by atoms with E-state index in [1.54, 1.807) is 11.3 Å². The highest BCUT2D eigenvalue weighted by atomic mass is 35.5. The molecule has 0 aliphatic rings. The Bertz CT molecular complexity index is 556. The molecule has 0 saturated carbocycles. The first-order valence-electron chi connectivity index (χ1n) is 6.94. The van der Waals surface area contributed by atoms with Gasteiger partial charge in [-0.25, -0.2) is 9.97 Å². The van der Waals surface area contributed by atoms with Crippen LogP contribution in [0.15, 0.2) is 11.4 Å². The summed E-state index contributed by atoms with van der Waals surface area (Å²) in [4.78, 5) is 12.1. The normalized spacial score (nSPS) is 11.9.